The molecule has 0 radical (unpaired) electrons. The lowest BCUT2D eigenvalue weighted by Gasteiger charge is -2.42. The van der Waals surface area contributed by atoms with Gasteiger partial charge >= 0.3 is 5.97 Å². The Morgan fingerprint density at radius 3 is 2.59 bits per heavy atom. The van der Waals surface area contributed by atoms with Crippen LogP contribution < -0.4 is 0 Å². The van der Waals surface area contributed by atoms with Gasteiger partial charge in [-0.2, -0.15) is 0 Å². The number of ketones is 2. The number of nitrogens with zero attached hydrogens (tertiary/aromatic N) is 1. The summed E-state index contributed by atoms with van der Waals surface area (Å²) >= 11 is 0. The number of Topliss-reactive ketones (excluding diaryl/α,β-unsaturated/α-hetero) is 1. The third-order valence-corrected chi connectivity index (χ3v) is 7.41. The molecule has 1 aromatic rings. The maximum absolute atomic E-state index is 13.3. The van der Waals surface area contributed by atoms with Crippen LogP contribution >= 0.6 is 0 Å². The number of carboxylic acid groups (broad SMARTS) is 1. The van der Waals surface area contributed by atoms with Crippen LogP contribution in [0.3, 0.4) is 0 Å². The molecule has 174 valence electrons. The van der Waals surface area contributed by atoms with Crippen molar-refractivity contribution in [3.63, 3.8) is 0 Å². The van der Waals surface area contributed by atoms with Crippen molar-refractivity contribution in [2.45, 2.75) is 32.1 Å². The van der Waals surface area contributed by atoms with Crippen LogP contribution in [0.1, 0.15) is 37.7 Å². The largest absolute Gasteiger partial charge is 0.508 e. The van der Waals surface area contributed by atoms with Gasteiger partial charge in [0.1, 0.15) is 5.75 Å². The minimum atomic E-state index is -1.10. The van der Waals surface area contributed by atoms with E-state index in [1.54, 1.807) is 25.1 Å². The van der Waals surface area contributed by atoms with Gasteiger partial charge in [0.15, 0.2) is 11.6 Å². The first-order chi connectivity index (χ1) is 16.2. The Bertz CT molecular complexity index is 1270. The minimum absolute atomic E-state index is 0.0184. The van der Waals surface area contributed by atoms with Crippen LogP contribution in [0.15, 0.2) is 58.7 Å². The number of phenols is 1. The molecule has 1 heterocycles. The number of benzene rings is 1. The van der Waals surface area contributed by atoms with Crippen molar-refractivity contribution >= 4 is 29.4 Å². The Kier molecular flexibility index (Phi) is 5.11. The summed E-state index contributed by atoms with van der Waals surface area (Å²) in [7, 11) is 0. The molecule has 8 nitrogen and oxygen atoms in total. The Morgan fingerprint density at radius 1 is 1.12 bits per heavy atom. The molecule has 0 saturated carbocycles. The van der Waals surface area contributed by atoms with E-state index in [0.717, 1.165) is 10.5 Å². The zero-order valence-electron chi connectivity index (χ0n) is 18.5. The number of carbonyl (C=O) groups is 5. The molecule has 3 aliphatic carbocycles. The van der Waals surface area contributed by atoms with Gasteiger partial charge in [0, 0.05) is 29.2 Å². The zero-order valence-corrected chi connectivity index (χ0v) is 18.5. The van der Waals surface area contributed by atoms with Gasteiger partial charge in [0.2, 0.25) is 11.8 Å². The fourth-order valence-electron chi connectivity index (χ4n) is 5.94. The maximum atomic E-state index is 13.3. The van der Waals surface area contributed by atoms with Crippen molar-refractivity contribution < 1.29 is 34.2 Å². The predicted molar refractivity (Wildman–Crippen MR) is 118 cm³/mol. The number of allylic oxidation sites excluding steroid dienone is 6. The number of rotatable bonds is 4. The van der Waals surface area contributed by atoms with Gasteiger partial charge < -0.3 is 10.2 Å². The Labute approximate surface area is 195 Å². The molecule has 1 aliphatic heterocycles. The fourth-order valence-corrected chi connectivity index (χ4v) is 5.94. The van der Waals surface area contributed by atoms with Gasteiger partial charge in [-0.15, -0.1) is 0 Å². The molecule has 1 aromatic carbocycles. The summed E-state index contributed by atoms with van der Waals surface area (Å²) in [4.78, 5) is 64.6. The molecule has 0 bridgehead atoms. The summed E-state index contributed by atoms with van der Waals surface area (Å²) in [6, 6.07) is 6.51. The van der Waals surface area contributed by atoms with Crippen LogP contribution in [-0.2, 0) is 24.0 Å². The molecule has 4 unspecified atom stereocenters. The van der Waals surface area contributed by atoms with E-state index >= 15 is 0 Å². The van der Waals surface area contributed by atoms with Crippen LogP contribution in [0.2, 0.25) is 0 Å². The number of aromatic hydroxyl groups is 1. The number of fused-ring (bicyclic) bond motifs is 3. The van der Waals surface area contributed by atoms with E-state index in [4.69, 9.17) is 5.11 Å². The highest BCUT2D eigenvalue weighted by Gasteiger charge is 2.56. The maximum Gasteiger partial charge on any atom is 0.305 e. The van der Waals surface area contributed by atoms with Crippen LogP contribution in [0.25, 0.3) is 0 Å². The van der Waals surface area contributed by atoms with E-state index in [2.05, 4.69) is 0 Å². The average Bonchev–Trinajstić information content (AvgIpc) is 3.04. The molecule has 4 aliphatic rings. The van der Waals surface area contributed by atoms with Crippen LogP contribution in [0, 0.1) is 17.8 Å². The van der Waals surface area contributed by atoms with Crippen molar-refractivity contribution in [3.05, 3.63) is 64.3 Å². The lowest BCUT2D eigenvalue weighted by atomic mass is 9.59. The molecule has 5 rings (SSSR count). The minimum Gasteiger partial charge on any atom is -0.508 e. The van der Waals surface area contributed by atoms with E-state index in [1.807, 2.05) is 6.08 Å². The lowest BCUT2D eigenvalue weighted by molar-refractivity contribution is -0.142. The van der Waals surface area contributed by atoms with Crippen molar-refractivity contribution in [2.75, 3.05) is 6.54 Å². The highest BCUT2D eigenvalue weighted by molar-refractivity contribution is 6.23. The fraction of sp³-hybridized carbons (Fsp3) is 0.346. The standard InChI is InChI=1S/C26H23NO7/c1-12-9-19(29)18-11-17-15(21(23(18)24(12)32)13-3-2-4-14(28)10-13)5-6-16-22(17)26(34)27(25(16)33)8-7-20(30)31/h2-5,9-10,16-17,21-22,28H,6-8,11H2,1H3,(H,30,31). The van der Waals surface area contributed by atoms with Crippen molar-refractivity contribution in [1.29, 1.82) is 0 Å². The molecular weight excluding hydrogens is 438 g/mol. The number of amides is 2. The topological polar surface area (TPSA) is 129 Å². The van der Waals surface area contributed by atoms with Crippen molar-refractivity contribution in [2.24, 2.45) is 17.8 Å². The summed E-state index contributed by atoms with van der Waals surface area (Å²) in [5.74, 6) is -4.83. The number of imide groups is 1. The molecule has 0 spiro atoms. The molecular formula is C26H23NO7. The first kappa shape index (κ1) is 22.0. The van der Waals surface area contributed by atoms with Gasteiger partial charge in [-0.25, -0.2) is 0 Å². The molecule has 0 aromatic heterocycles. The van der Waals surface area contributed by atoms with Gasteiger partial charge in [-0.3, -0.25) is 28.9 Å². The molecule has 1 saturated heterocycles. The van der Waals surface area contributed by atoms with Gasteiger partial charge in [-0.05, 0) is 49.5 Å². The summed E-state index contributed by atoms with van der Waals surface area (Å²) < 4.78 is 0. The summed E-state index contributed by atoms with van der Waals surface area (Å²) in [6.07, 6.45) is 3.33. The van der Waals surface area contributed by atoms with Gasteiger partial charge in [-0.1, -0.05) is 23.8 Å². The zero-order chi connectivity index (χ0) is 24.3. The molecule has 34 heavy (non-hydrogen) atoms. The Balaban J connectivity index is 1.62. The van der Waals surface area contributed by atoms with Crippen LogP contribution in [0.4, 0.5) is 0 Å². The normalized spacial score (nSPS) is 28.3. The van der Waals surface area contributed by atoms with Gasteiger partial charge in [0.05, 0.1) is 18.3 Å². The third-order valence-electron chi connectivity index (χ3n) is 7.41. The Hall–Kier alpha value is -3.81. The summed E-state index contributed by atoms with van der Waals surface area (Å²) in [5.41, 5.74) is 2.49. The van der Waals surface area contributed by atoms with Crippen molar-refractivity contribution in [1.82, 2.24) is 4.90 Å². The number of hydrogen-bond donors (Lipinski definition) is 2. The van der Waals surface area contributed by atoms with E-state index in [9.17, 15) is 29.1 Å². The molecule has 2 N–H and O–H groups in total. The van der Waals surface area contributed by atoms with Crippen molar-refractivity contribution in [3.8, 4) is 5.75 Å². The smallest absolute Gasteiger partial charge is 0.305 e. The number of aliphatic carboxylic acids is 1. The SMILES string of the molecule is CC1=CC(=O)C2=C(C1=O)C(c1cccc(O)c1)C1=CCC3C(=O)N(CCC(=O)O)C(=O)C3C1C2. The van der Waals surface area contributed by atoms with Gasteiger partial charge in [0.25, 0.3) is 0 Å². The Morgan fingerprint density at radius 2 is 1.88 bits per heavy atom. The third kappa shape index (κ3) is 3.24. The number of carbonyl (C=O) groups excluding carboxylic acids is 4. The molecule has 8 heteroatoms. The summed E-state index contributed by atoms with van der Waals surface area (Å²) in [5, 5.41) is 19.1. The highest BCUT2D eigenvalue weighted by atomic mass is 16.4. The monoisotopic (exact) mass is 461 g/mol. The number of likely N-dealkylation sites (tertiary alicyclic amines) is 1. The number of hydrogen-bond acceptors (Lipinski definition) is 6. The molecule has 1 fully saturated rings. The first-order valence-electron chi connectivity index (χ1n) is 11.2. The summed E-state index contributed by atoms with van der Waals surface area (Å²) in [6.45, 7) is 1.41. The quantitative estimate of drug-likeness (QED) is 0.400. The number of phenolic OH excluding ortho intramolecular Hbond substituents is 1. The molecule has 4 atom stereocenters. The van der Waals surface area contributed by atoms with E-state index < -0.39 is 35.5 Å². The second kappa shape index (κ2) is 7.90. The molecule has 2 amide bonds. The number of carboxylic acids is 1. The van der Waals surface area contributed by atoms with Crippen LogP contribution in [0.5, 0.6) is 5.75 Å². The highest BCUT2D eigenvalue weighted by Crippen LogP contribution is 2.55. The van der Waals surface area contributed by atoms with E-state index in [0.29, 0.717) is 28.7 Å². The lowest BCUT2D eigenvalue weighted by Crippen LogP contribution is -2.40. The second-order valence-electron chi connectivity index (χ2n) is 9.30. The second-order valence-corrected chi connectivity index (χ2v) is 9.30. The van der Waals surface area contributed by atoms with Crippen LogP contribution in [-0.4, -0.2) is 51.0 Å². The predicted octanol–water partition coefficient (Wildman–Crippen LogP) is 2.30. The average molecular weight is 461 g/mol. The van der Waals surface area contributed by atoms with E-state index in [1.165, 1.54) is 12.1 Å². The van der Waals surface area contributed by atoms with E-state index in [-0.39, 0.29) is 42.6 Å². The first-order valence-corrected chi connectivity index (χ1v) is 11.2.